The van der Waals surface area contributed by atoms with Crippen LogP contribution in [-0.2, 0) is 0 Å². The van der Waals surface area contributed by atoms with Crippen LogP contribution in [0.2, 0.25) is 0 Å². The summed E-state index contributed by atoms with van der Waals surface area (Å²) in [6.45, 7) is 0. The summed E-state index contributed by atoms with van der Waals surface area (Å²) in [6.07, 6.45) is 0. The third-order valence-corrected chi connectivity index (χ3v) is 5.74. The van der Waals surface area contributed by atoms with Gasteiger partial charge >= 0.3 is 0 Å². The number of methoxy groups -OCH3 is 6. The van der Waals surface area contributed by atoms with Crippen molar-refractivity contribution in [2.24, 2.45) is 0 Å². The Morgan fingerprint density at radius 2 is 1.10 bits per heavy atom. The van der Waals surface area contributed by atoms with Crippen molar-refractivity contribution in [3.63, 3.8) is 0 Å². The van der Waals surface area contributed by atoms with Gasteiger partial charge in [-0.25, -0.2) is 0 Å². The van der Waals surface area contributed by atoms with E-state index in [1.54, 1.807) is 42.7 Å². The van der Waals surface area contributed by atoms with Crippen molar-refractivity contribution in [3.05, 3.63) is 59.2 Å². The van der Waals surface area contributed by atoms with E-state index in [9.17, 15) is 0 Å². The van der Waals surface area contributed by atoms with Gasteiger partial charge in [0, 0.05) is 11.5 Å². The van der Waals surface area contributed by atoms with Crippen molar-refractivity contribution < 1.29 is 28.4 Å². The highest BCUT2D eigenvalue weighted by molar-refractivity contribution is 5.86. The van der Waals surface area contributed by atoms with Crippen molar-refractivity contribution in [3.8, 4) is 45.6 Å². The fraction of sp³-hybridized carbons (Fsp3) is 0.280. The topological polar surface area (TPSA) is 55.4 Å². The summed E-state index contributed by atoms with van der Waals surface area (Å²) in [4.78, 5) is 0. The first-order chi connectivity index (χ1) is 15.1. The van der Waals surface area contributed by atoms with Crippen LogP contribution in [0, 0.1) is 0 Å². The number of benzene rings is 3. The predicted octanol–water partition coefficient (Wildman–Crippen LogP) is 4.90. The Kier molecular flexibility index (Phi) is 5.55. The van der Waals surface area contributed by atoms with Crippen LogP contribution in [0.1, 0.15) is 22.6 Å². The first-order valence-corrected chi connectivity index (χ1v) is 9.85. The molecule has 0 saturated carbocycles. The minimum atomic E-state index is -0.116. The quantitative estimate of drug-likeness (QED) is 0.422. The normalized spacial score (nSPS) is 13.8. The van der Waals surface area contributed by atoms with Crippen molar-refractivity contribution >= 4 is 0 Å². The lowest BCUT2D eigenvalue weighted by Crippen LogP contribution is -2.05. The Labute approximate surface area is 182 Å². The Balaban J connectivity index is 2.06. The molecule has 0 aromatic heterocycles. The minimum absolute atomic E-state index is 0.116. The molecule has 6 heteroatoms. The minimum Gasteiger partial charge on any atom is -0.493 e. The van der Waals surface area contributed by atoms with Gasteiger partial charge in [0.25, 0.3) is 0 Å². The molecule has 1 aliphatic carbocycles. The van der Waals surface area contributed by atoms with E-state index in [-0.39, 0.29) is 5.92 Å². The average molecular weight is 422 g/mol. The van der Waals surface area contributed by atoms with Crippen LogP contribution in [0.4, 0.5) is 0 Å². The highest BCUT2D eigenvalue weighted by Gasteiger charge is 2.37. The third-order valence-electron chi connectivity index (χ3n) is 5.74. The molecule has 1 atom stereocenters. The SMILES string of the molecule is COc1cc(C2c3ccccc3-c3cc(OC)c(OC)c(OC)c32)cc(OC)c1OC. The lowest BCUT2D eigenvalue weighted by Gasteiger charge is -2.22. The van der Waals surface area contributed by atoms with E-state index in [0.29, 0.717) is 34.5 Å². The van der Waals surface area contributed by atoms with E-state index in [1.807, 2.05) is 30.3 Å². The molecule has 1 aliphatic rings. The second-order valence-corrected chi connectivity index (χ2v) is 7.09. The van der Waals surface area contributed by atoms with Gasteiger partial charge in [0.2, 0.25) is 11.5 Å². The van der Waals surface area contributed by atoms with Gasteiger partial charge in [-0.2, -0.15) is 0 Å². The summed E-state index contributed by atoms with van der Waals surface area (Å²) in [7, 11) is 9.72. The largest absolute Gasteiger partial charge is 0.493 e. The second kappa shape index (κ2) is 8.30. The van der Waals surface area contributed by atoms with Crippen LogP contribution in [0.25, 0.3) is 11.1 Å². The van der Waals surface area contributed by atoms with Gasteiger partial charge in [-0.15, -0.1) is 0 Å². The Morgan fingerprint density at radius 1 is 0.548 bits per heavy atom. The molecular formula is C25H26O6. The predicted molar refractivity (Wildman–Crippen MR) is 119 cm³/mol. The van der Waals surface area contributed by atoms with Gasteiger partial charge < -0.3 is 28.4 Å². The molecule has 0 bridgehead atoms. The van der Waals surface area contributed by atoms with Crippen molar-refractivity contribution in [1.82, 2.24) is 0 Å². The molecule has 0 N–H and O–H groups in total. The van der Waals surface area contributed by atoms with Crippen molar-refractivity contribution in [2.45, 2.75) is 5.92 Å². The van der Waals surface area contributed by atoms with Crippen LogP contribution in [0.3, 0.4) is 0 Å². The lowest BCUT2D eigenvalue weighted by atomic mass is 9.88. The molecule has 162 valence electrons. The van der Waals surface area contributed by atoms with E-state index in [0.717, 1.165) is 27.8 Å². The highest BCUT2D eigenvalue weighted by Crippen LogP contribution is 2.57. The molecule has 3 aromatic rings. The zero-order valence-corrected chi connectivity index (χ0v) is 18.6. The molecule has 3 aromatic carbocycles. The number of fused-ring (bicyclic) bond motifs is 3. The maximum atomic E-state index is 5.87. The zero-order valence-electron chi connectivity index (χ0n) is 18.6. The van der Waals surface area contributed by atoms with Gasteiger partial charge in [0.15, 0.2) is 23.0 Å². The van der Waals surface area contributed by atoms with Crippen LogP contribution in [0.15, 0.2) is 42.5 Å². The molecule has 31 heavy (non-hydrogen) atoms. The van der Waals surface area contributed by atoms with Gasteiger partial charge in [-0.3, -0.25) is 0 Å². The lowest BCUT2D eigenvalue weighted by molar-refractivity contribution is 0.321. The molecule has 4 rings (SSSR count). The monoisotopic (exact) mass is 422 g/mol. The summed E-state index contributed by atoms with van der Waals surface area (Å²) in [5.74, 6) is 3.47. The maximum Gasteiger partial charge on any atom is 0.203 e. The first-order valence-electron chi connectivity index (χ1n) is 9.85. The fourth-order valence-corrected chi connectivity index (χ4v) is 4.45. The van der Waals surface area contributed by atoms with Gasteiger partial charge in [-0.1, -0.05) is 24.3 Å². The van der Waals surface area contributed by atoms with E-state index in [2.05, 4.69) is 12.1 Å². The van der Waals surface area contributed by atoms with Crippen molar-refractivity contribution in [1.29, 1.82) is 0 Å². The molecule has 0 saturated heterocycles. The Bertz CT molecular complexity index is 1100. The van der Waals surface area contributed by atoms with Crippen LogP contribution >= 0.6 is 0 Å². The van der Waals surface area contributed by atoms with Gasteiger partial charge in [0.1, 0.15) is 0 Å². The molecular weight excluding hydrogens is 396 g/mol. The molecule has 0 amide bonds. The highest BCUT2D eigenvalue weighted by atomic mass is 16.5. The average Bonchev–Trinajstić information content (AvgIpc) is 3.15. The standard InChI is InChI=1S/C25H26O6/c1-26-18-11-14(12-19(27-2)23(18)29-4)21-16-10-8-7-9-15(16)17-13-20(28-3)24(30-5)25(31-6)22(17)21/h7-13,21H,1-6H3. The molecule has 0 aliphatic heterocycles. The van der Waals surface area contributed by atoms with Crippen LogP contribution < -0.4 is 28.4 Å². The van der Waals surface area contributed by atoms with Crippen LogP contribution in [-0.4, -0.2) is 42.7 Å². The third kappa shape index (κ3) is 3.10. The second-order valence-electron chi connectivity index (χ2n) is 7.09. The molecule has 0 heterocycles. The Hall–Kier alpha value is -3.54. The van der Waals surface area contributed by atoms with Crippen LogP contribution in [0.5, 0.6) is 34.5 Å². The van der Waals surface area contributed by atoms with E-state index in [1.165, 1.54) is 0 Å². The summed E-state index contributed by atoms with van der Waals surface area (Å²) in [5.41, 5.74) is 5.32. The fourth-order valence-electron chi connectivity index (χ4n) is 4.45. The number of ether oxygens (including phenoxy) is 6. The summed E-state index contributed by atoms with van der Waals surface area (Å²) in [6, 6.07) is 14.3. The number of rotatable bonds is 7. The molecule has 0 spiro atoms. The number of hydrogen-bond donors (Lipinski definition) is 0. The molecule has 0 radical (unpaired) electrons. The summed E-state index contributed by atoms with van der Waals surface area (Å²) < 4.78 is 33.9. The van der Waals surface area contributed by atoms with E-state index in [4.69, 9.17) is 28.4 Å². The smallest absolute Gasteiger partial charge is 0.203 e. The van der Waals surface area contributed by atoms with Gasteiger partial charge in [-0.05, 0) is 40.5 Å². The summed E-state index contributed by atoms with van der Waals surface area (Å²) in [5, 5.41) is 0. The zero-order chi connectivity index (χ0) is 22.1. The van der Waals surface area contributed by atoms with Crippen molar-refractivity contribution in [2.75, 3.05) is 42.7 Å². The first kappa shape index (κ1) is 20.7. The Morgan fingerprint density at radius 3 is 1.65 bits per heavy atom. The summed E-state index contributed by atoms with van der Waals surface area (Å²) >= 11 is 0. The van der Waals surface area contributed by atoms with Gasteiger partial charge in [0.05, 0.1) is 42.7 Å². The van der Waals surface area contributed by atoms with E-state index >= 15 is 0 Å². The number of hydrogen-bond acceptors (Lipinski definition) is 6. The molecule has 1 unspecified atom stereocenters. The maximum absolute atomic E-state index is 5.87. The molecule has 6 nitrogen and oxygen atoms in total. The molecule has 0 fully saturated rings. The van der Waals surface area contributed by atoms with E-state index < -0.39 is 0 Å².